The normalized spacial score (nSPS) is 10.2. The first-order valence-corrected chi connectivity index (χ1v) is 10.9. The second-order valence-electron chi connectivity index (χ2n) is 5.15. The maximum Gasteiger partial charge on any atom is 0.0611 e. The molecule has 2 rings (SSSR count). The van der Waals surface area contributed by atoms with Gasteiger partial charge in [0.15, 0.2) is 0 Å². The average Bonchev–Trinajstić information content (AvgIpc) is 2.57. The van der Waals surface area contributed by atoms with Crippen LogP contribution in [0.2, 0.25) is 0 Å². The highest BCUT2D eigenvalue weighted by atomic mass is 32.2. The number of hydrogen-bond acceptors (Lipinski definition) is 7. The third-order valence-corrected chi connectivity index (χ3v) is 6.11. The first-order chi connectivity index (χ1) is 11.3. The van der Waals surface area contributed by atoms with Crippen LogP contribution < -0.4 is 22.9 Å². The summed E-state index contributed by atoms with van der Waals surface area (Å²) in [6.07, 6.45) is 6.01. The van der Waals surface area contributed by atoms with Gasteiger partial charge in [0, 0.05) is 15.5 Å². The molecule has 0 aromatic heterocycles. The summed E-state index contributed by atoms with van der Waals surface area (Å²) in [5, 5.41) is 0. The third-order valence-electron chi connectivity index (χ3n) is 3.69. The summed E-state index contributed by atoms with van der Waals surface area (Å²) < 4.78 is 0. The van der Waals surface area contributed by atoms with Crippen molar-refractivity contribution in [2.75, 3.05) is 41.7 Å². The van der Waals surface area contributed by atoms with Gasteiger partial charge in [0.05, 0.1) is 22.0 Å². The minimum Gasteiger partial charge on any atom is -0.398 e. The Balaban J connectivity index is 0.000000243. The number of thioether (sulfide) groups is 3. The van der Waals surface area contributed by atoms with Gasteiger partial charge in [-0.3, -0.25) is 0 Å². The van der Waals surface area contributed by atoms with E-state index < -0.39 is 0 Å². The molecule has 4 nitrogen and oxygen atoms in total. The molecule has 0 radical (unpaired) electrons. The Morgan fingerprint density at radius 2 is 1.29 bits per heavy atom. The molecule has 24 heavy (non-hydrogen) atoms. The largest absolute Gasteiger partial charge is 0.398 e. The summed E-state index contributed by atoms with van der Waals surface area (Å²) in [6.45, 7) is 3.94. The van der Waals surface area contributed by atoms with Crippen LogP contribution in [0.25, 0.3) is 0 Å². The topological polar surface area (TPSA) is 104 Å². The predicted octanol–water partition coefficient (Wildman–Crippen LogP) is 4.48. The smallest absolute Gasteiger partial charge is 0.0611 e. The number of nitrogens with two attached hydrogens (primary N) is 4. The van der Waals surface area contributed by atoms with Gasteiger partial charge in [0.1, 0.15) is 0 Å². The highest BCUT2D eigenvalue weighted by Crippen LogP contribution is 2.38. The van der Waals surface area contributed by atoms with Crippen LogP contribution in [0.5, 0.6) is 0 Å². The molecular formula is C17H26N4S3. The lowest BCUT2D eigenvalue weighted by Gasteiger charge is -2.12. The Kier molecular flexibility index (Phi) is 7.99. The molecule has 0 atom stereocenters. The maximum absolute atomic E-state index is 5.95. The summed E-state index contributed by atoms with van der Waals surface area (Å²) in [4.78, 5) is 3.21. The van der Waals surface area contributed by atoms with E-state index in [2.05, 4.69) is 0 Å². The van der Waals surface area contributed by atoms with Crippen molar-refractivity contribution in [3.63, 3.8) is 0 Å². The van der Waals surface area contributed by atoms with Crippen LogP contribution in [-0.4, -0.2) is 18.8 Å². The number of rotatable bonds is 3. The van der Waals surface area contributed by atoms with E-state index in [-0.39, 0.29) is 0 Å². The van der Waals surface area contributed by atoms with Crippen LogP contribution in [0.4, 0.5) is 22.7 Å². The van der Waals surface area contributed by atoms with Gasteiger partial charge in [-0.25, -0.2) is 0 Å². The molecule has 0 fully saturated rings. The van der Waals surface area contributed by atoms with Crippen molar-refractivity contribution in [3.8, 4) is 0 Å². The predicted molar refractivity (Wildman–Crippen MR) is 115 cm³/mol. The zero-order valence-corrected chi connectivity index (χ0v) is 17.2. The Morgan fingerprint density at radius 3 is 1.79 bits per heavy atom. The van der Waals surface area contributed by atoms with E-state index in [1.807, 2.05) is 50.8 Å². The SMILES string of the molecule is CSc1cc(C)c(N)c(SC)c1N.CSc1ccc(N)c(C)c1N. The lowest BCUT2D eigenvalue weighted by Crippen LogP contribution is -1.99. The lowest BCUT2D eigenvalue weighted by atomic mass is 10.2. The second kappa shape index (κ2) is 9.25. The van der Waals surface area contributed by atoms with Crippen LogP contribution in [0.15, 0.2) is 32.9 Å². The molecule has 2 aromatic carbocycles. The standard InChI is InChI=1S/C9H14N2S2.C8H12N2S/c1-5-4-6(12-2)8(11)9(13-3)7(5)10;1-5-6(9)3-4-7(11-2)8(5)10/h4H,10-11H2,1-3H3;3-4H,9-10H2,1-2H3. The first-order valence-electron chi connectivity index (χ1n) is 7.23. The van der Waals surface area contributed by atoms with Gasteiger partial charge < -0.3 is 22.9 Å². The minimum absolute atomic E-state index is 0.764. The number of nitrogen functional groups attached to an aromatic ring is 4. The number of benzene rings is 2. The van der Waals surface area contributed by atoms with E-state index in [1.165, 1.54) is 0 Å². The molecule has 0 unspecified atom stereocenters. The number of hydrogen-bond donors (Lipinski definition) is 4. The van der Waals surface area contributed by atoms with Gasteiger partial charge in [0.25, 0.3) is 0 Å². The second-order valence-corrected chi connectivity index (χ2v) is 7.66. The summed E-state index contributed by atoms with van der Waals surface area (Å²) in [5.41, 5.74) is 28.6. The molecule has 0 saturated heterocycles. The zero-order valence-electron chi connectivity index (χ0n) is 14.8. The molecule has 8 N–H and O–H groups in total. The molecule has 7 heteroatoms. The van der Waals surface area contributed by atoms with Crippen LogP contribution in [0, 0.1) is 13.8 Å². The quantitative estimate of drug-likeness (QED) is 0.458. The van der Waals surface area contributed by atoms with Gasteiger partial charge >= 0.3 is 0 Å². The molecule has 0 aliphatic heterocycles. The van der Waals surface area contributed by atoms with Gasteiger partial charge in [0.2, 0.25) is 0 Å². The maximum atomic E-state index is 5.95. The highest BCUT2D eigenvalue weighted by Gasteiger charge is 2.10. The molecule has 0 aliphatic carbocycles. The van der Waals surface area contributed by atoms with Crippen molar-refractivity contribution < 1.29 is 0 Å². The lowest BCUT2D eigenvalue weighted by molar-refractivity contribution is 1.28. The van der Waals surface area contributed by atoms with Gasteiger partial charge in [-0.1, -0.05) is 0 Å². The van der Waals surface area contributed by atoms with Crippen LogP contribution in [0.3, 0.4) is 0 Å². The molecule has 0 aliphatic rings. The van der Waals surface area contributed by atoms with E-state index in [0.29, 0.717) is 0 Å². The molecule has 0 spiro atoms. The molecule has 0 heterocycles. The summed E-state index contributed by atoms with van der Waals surface area (Å²) >= 11 is 4.89. The van der Waals surface area contributed by atoms with Crippen LogP contribution in [0.1, 0.15) is 11.1 Å². The Bertz CT molecular complexity index is 718. The van der Waals surface area contributed by atoms with E-state index >= 15 is 0 Å². The number of aryl methyl sites for hydroxylation is 1. The van der Waals surface area contributed by atoms with Gasteiger partial charge in [-0.15, -0.1) is 35.3 Å². The Hall–Kier alpha value is -1.31. The van der Waals surface area contributed by atoms with E-state index in [9.17, 15) is 0 Å². The Morgan fingerprint density at radius 1 is 0.708 bits per heavy atom. The fourth-order valence-corrected chi connectivity index (χ4v) is 4.04. The average molecular weight is 383 g/mol. The Labute approximate surface area is 157 Å². The fourth-order valence-electron chi connectivity index (χ4n) is 2.08. The summed E-state index contributed by atoms with van der Waals surface area (Å²) in [6, 6.07) is 5.87. The molecular weight excluding hydrogens is 356 g/mol. The summed E-state index contributed by atoms with van der Waals surface area (Å²) in [7, 11) is 0. The van der Waals surface area contributed by atoms with Crippen LogP contribution >= 0.6 is 35.3 Å². The highest BCUT2D eigenvalue weighted by molar-refractivity contribution is 7.99. The molecule has 0 saturated carbocycles. The zero-order chi connectivity index (χ0) is 18.4. The van der Waals surface area contributed by atoms with E-state index in [1.54, 1.807) is 35.3 Å². The third kappa shape index (κ3) is 4.62. The molecule has 132 valence electrons. The van der Waals surface area contributed by atoms with Crippen molar-refractivity contribution in [2.45, 2.75) is 28.5 Å². The van der Waals surface area contributed by atoms with E-state index in [4.69, 9.17) is 22.9 Å². The molecule has 0 bridgehead atoms. The van der Waals surface area contributed by atoms with Crippen molar-refractivity contribution in [3.05, 3.63) is 29.3 Å². The number of anilines is 4. The first kappa shape index (κ1) is 20.7. The van der Waals surface area contributed by atoms with Crippen molar-refractivity contribution >= 4 is 58.0 Å². The minimum atomic E-state index is 0.764. The molecule has 2 aromatic rings. The molecule has 0 amide bonds. The van der Waals surface area contributed by atoms with Crippen molar-refractivity contribution in [2.24, 2.45) is 0 Å². The summed E-state index contributed by atoms with van der Waals surface area (Å²) in [5.74, 6) is 0. The van der Waals surface area contributed by atoms with Gasteiger partial charge in [-0.2, -0.15) is 0 Å². The fraction of sp³-hybridized carbons (Fsp3) is 0.294. The monoisotopic (exact) mass is 382 g/mol. The van der Waals surface area contributed by atoms with Crippen molar-refractivity contribution in [1.29, 1.82) is 0 Å². The van der Waals surface area contributed by atoms with Gasteiger partial charge in [-0.05, 0) is 61.9 Å². The van der Waals surface area contributed by atoms with Crippen LogP contribution in [-0.2, 0) is 0 Å². The van der Waals surface area contributed by atoms with E-state index in [0.717, 1.165) is 48.6 Å². The van der Waals surface area contributed by atoms with Crippen molar-refractivity contribution in [1.82, 2.24) is 0 Å².